The Morgan fingerprint density at radius 2 is 1.70 bits per heavy atom. The van der Waals surface area contributed by atoms with Crippen molar-refractivity contribution in [1.82, 2.24) is 9.55 Å². The molecule has 47 heavy (non-hydrogen) atoms. The van der Waals surface area contributed by atoms with Gasteiger partial charge in [-0.05, 0) is 97.0 Å². The molecule has 248 valence electrons. The molecule has 0 unspecified atom stereocenters. The molecule has 1 fully saturated rings. The van der Waals surface area contributed by atoms with Gasteiger partial charge in [-0.15, -0.1) is 0 Å². The van der Waals surface area contributed by atoms with E-state index in [0.717, 1.165) is 79.3 Å². The molecule has 1 aliphatic heterocycles. The maximum absolute atomic E-state index is 13.0. The summed E-state index contributed by atoms with van der Waals surface area (Å²) in [6, 6.07) is 21.8. The van der Waals surface area contributed by atoms with Crippen LogP contribution in [0, 0.1) is 0 Å². The van der Waals surface area contributed by atoms with Gasteiger partial charge in [0.25, 0.3) is 0 Å². The quantitative estimate of drug-likeness (QED) is 0.0927. The molecule has 4 aromatic rings. The highest BCUT2D eigenvalue weighted by Gasteiger charge is 2.16. The fourth-order valence-electron chi connectivity index (χ4n) is 5.59. The van der Waals surface area contributed by atoms with Gasteiger partial charge in [-0.25, -0.2) is 4.98 Å². The van der Waals surface area contributed by atoms with Gasteiger partial charge in [0, 0.05) is 54.8 Å². The predicted octanol–water partition coefficient (Wildman–Crippen LogP) is 7.72. The number of amides is 1. The second-order valence-electron chi connectivity index (χ2n) is 11.7. The number of hydrogen-bond acceptors (Lipinski definition) is 6. The highest BCUT2D eigenvalue weighted by atomic mass is 32.2. The topological polar surface area (TPSA) is 85.7 Å². The maximum atomic E-state index is 13.0. The number of ether oxygens (including phenoxy) is 2. The van der Waals surface area contributed by atoms with Crippen LogP contribution in [0.2, 0.25) is 0 Å². The average molecular weight is 655 g/mol. The molecule has 0 radical (unpaired) electrons. The van der Waals surface area contributed by atoms with Crippen molar-refractivity contribution in [2.75, 3.05) is 43.1 Å². The minimum absolute atomic E-state index is 0.222. The van der Waals surface area contributed by atoms with E-state index in [1.54, 1.807) is 30.7 Å². The molecular weight excluding hydrogens is 609 g/mol. The molecule has 0 spiro atoms. The molecule has 1 aromatic heterocycles. The van der Waals surface area contributed by atoms with E-state index in [2.05, 4.69) is 59.4 Å². The zero-order chi connectivity index (χ0) is 32.8. The van der Waals surface area contributed by atoms with Gasteiger partial charge in [-0.3, -0.25) is 9.00 Å². The van der Waals surface area contributed by atoms with E-state index in [1.165, 1.54) is 12.8 Å². The van der Waals surface area contributed by atoms with Crippen LogP contribution in [0.4, 0.5) is 11.4 Å². The van der Waals surface area contributed by atoms with Gasteiger partial charge in [0.2, 0.25) is 5.91 Å². The van der Waals surface area contributed by atoms with Crippen LogP contribution in [-0.2, 0) is 32.6 Å². The molecular formula is C38H46N4O4S. The number of unbranched alkanes of at least 4 members (excludes halogenated alkanes) is 1. The largest absolute Gasteiger partial charge is 0.491 e. The van der Waals surface area contributed by atoms with Crippen LogP contribution in [0.15, 0.2) is 90.2 Å². The fraction of sp³-hybridized carbons (Fsp3) is 0.368. The van der Waals surface area contributed by atoms with Crippen molar-refractivity contribution in [3.8, 4) is 16.9 Å². The summed E-state index contributed by atoms with van der Waals surface area (Å²) in [5.41, 5.74) is 5.89. The number of aryl methyl sites for hydroxylation is 1. The highest BCUT2D eigenvalue weighted by molar-refractivity contribution is 7.84. The minimum atomic E-state index is -1.21. The first kappa shape index (κ1) is 34.1. The van der Waals surface area contributed by atoms with Gasteiger partial charge in [0.15, 0.2) is 0 Å². The van der Waals surface area contributed by atoms with E-state index >= 15 is 0 Å². The molecule has 0 aliphatic carbocycles. The predicted molar refractivity (Wildman–Crippen MR) is 191 cm³/mol. The molecule has 1 atom stereocenters. The van der Waals surface area contributed by atoms with E-state index in [-0.39, 0.29) is 5.91 Å². The Labute approximate surface area is 281 Å². The van der Waals surface area contributed by atoms with Gasteiger partial charge in [-0.1, -0.05) is 38.5 Å². The Balaban J connectivity index is 1.22. The van der Waals surface area contributed by atoms with E-state index in [0.29, 0.717) is 29.5 Å². The molecule has 1 N–H and O–H groups in total. The van der Waals surface area contributed by atoms with Crippen molar-refractivity contribution < 1.29 is 18.5 Å². The summed E-state index contributed by atoms with van der Waals surface area (Å²) in [7, 11) is -1.21. The average Bonchev–Trinajstić information content (AvgIpc) is 3.79. The van der Waals surface area contributed by atoms with Crippen LogP contribution < -0.4 is 15.0 Å². The lowest BCUT2D eigenvalue weighted by Crippen LogP contribution is -2.18. The highest BCUT2D eigenvalue weighted by Crippen LogP contribution is 2.31. The van der Waals surface area contributed by atoms with Gasteiger partial charge in [-0.2, -0.15) is 0 Å². The Morgan fingerprint density at radius 1 is 0.936 bits per heavy atom. The first-order chi connectivity index (χ1) is 23.0. The number of hydrogen-bond donors (Lipinski definition) is 1. The number of nitrogens with one attached hydrogen (secondary N) is 1. The van der Waals surface area contributed by atoms with E-state index in [9.17, 15) is 9.00 Å². The minimum Gasteiger partial charge on any atom is -0.491 e. The number of rotatable bonds is 17. The van der Waals surface area contributed by atoms with Gasteiger partial charge < -0.3 is 24.3 Å². The van der Waals surface area contributed by atoms with E-state index in [4.69, 9.17) is 9.47 Å². The summed E-state index contributed by atoms with van der Waals surface area (Å²) in [4.78, 5) is 20.3. The molecule has 0 saturated carbocycles. The monoisotopic (exact) mass is 654 g/mol. The molecule has 2 heterocycles. The van der Waals surface area contributed by atoms with Crippen LogP contribution >= 0.6 is 0 Å². The van der Waals surface area contributed by atoms with Crippen LogP contribution in [0.1, 0.15) is 57.2 Å². The lowest BCUT2D eigenvalue weighted by atomic mass is 10.0. The third kappa shape index (κ3) is 9.89. The molecule has 0 bridgehead atoms. The summed E-state index contributed by atoms with van der Waals surface area (Å²) in [5, 5.41) is 2.95. The third-order valence-corrected chi connectivity index (χ3v) is 9.50. The Bertz CT molecular complexity index is 1630. The molecule has 1 amide bonds. The molecule has 3 aromatic carbocycles. The number of benzene rings is 3. The van der Waals surface area contributed by atoms with Gasteiger partial charge >= 0.3 is 0 Å². The van der Waals surface area contributed by atoms with Crippen LogP contribution in [-0.4, -0.2) is 52.6 Å². The Hall–Kier alpha value is -4.21. The zero-order valence-corrected chi connectivity index (χ0v) is 28.3. The summed E-state index contributed by atoms with van der Waals surface area (Å²) in [6.07, 6.45) is 12.6. The molecule has 9 heteroatoms. The summed E-state index contributed by atoms with van der Waals surface area (Å²) >= 11 is 0. The summed E-state index contributed by atoms with van der Waals surface area (Å²) < 4.78 is 26.5. The van der Waals surface area contributed by atoms with Crippen molar-refractivity contribution >= 4 is 34.2 Å². The van der Waals surface area contributed by atoms with Crippen molar-refractivity contribution in [1.29, 1.82) is 0 Å². The SMILES string of the molecule is CCCCOCCOc1ccc(-c2ccc(N3CCCC3)c(C=CC(=O)Nc3ccc([S@@](=O)Cc4cncn4CCC)cc3)c2)cc1. The van der Waals surface area contributed by atoms with Crippen molar-refractivity contribution in [2.24, 2.45) is 0 Å². The second kappa shape index (κ2) is 17.6. The van der Waals surface area contributed by atoms with Crippen LogP contribution in [0.5, 0.6) is 5.75 Å². The fourth-order valence-corrected chi connectivity index (χ4v) is 6.71. The number of anilines is 2. The maximum Gasteiger partial charge on any atom is 0.248 e. The normalized spacial score (nSPS) is 13.7. The second-order valence-corrected chi connectivity index (χ2v) is 13.2. The number of imidazole rings is 1. The molecule has 5 rings (SSSR count). The Morgan fingerprint density at radius 3 is 2.45 bits per heavy atom. The Kier molecular flexibility index (Phi) is 12.8. The molecule has 8 nitrogen and oxygen atoms in total. The molecule has 1 saturated heterocycles. The number of carbonyl (C=O) groups is 1. The lowest BCUT2D eigenvalue weighted by Gasteiger charge is -2.21. The summed E-state index contributed by atoms with van der Waals surface area (Å²) in [5.74, 6) is 0.997. The first-order valence-corrected chi connectivity index (χ1v) is 18.0. The van der Waals surface area contributed by atoms with Crippen molar-refractivity contribution in [3.05, 3.63) is 96.6 Å². The van der Waals surface area contributed by atoms with Crippen molar-refractivity contribution in [2.45, 2.75) is 63.1 Å². The standard InChI is InChI=1S/C38H46N4O4S/c1-3-5-23-45-24-25-46-35-14-8-30(9-15-35)31-10-18-37(41-21-6-7-22-41)32(26-31)11-19-38(43)40-33-12-16-36(17-13-33)47(44)28-34-27-39-29-42(34)20-4-2/h8-19,26-27,29H,3-7,20-25,28H2,1-2H3,(H,40,43)/t47-/m0/s1. The lowest BCUT2D eigenvalue weighted by molar-refractivity contribution is -0.111. The number of carbonyl (C=O) groups excluding carboxylic acids is 1. The smallest absolute Gasteiger partial charge is 0.248 e. The zero-order valence-electron chi connectivity index (χ0n) is 27.5. The third-order valence-electron chi connectivity index (χ3n) is 8.14. The number of aromatic nitrogens is 2. The van der Waals surface area contributed by atoms with E-state index < -0.39 is 10.8 Å². The van der Waals surface area contributed by atoms with Gasteiger partial charge in [0.1, 0.15) is 12.4 Å². The van der Waals surface area contributed by atoms with Gasteiger partial charge in [0.05, 0.1) is 35.2 Å². The summed E-state index contributed by atoms with van der Waals surface area (Å²) in [6.45, 7) is 9.02. The molecule has 1 aliphatic rings. The van der Waals surface area contributed by atoms with Crippen LogP contribution in [0.25, 0.3) is 17.2 Å². The van der Waals surface area contributed by atoms with Crippen molar-refractivity contribution in [3.63, 3.8) is 0 Å². The van der Waals surface area contributed by atoms with Crippen LogP contribution in [0.3, 0.4) is 0 Å². The number of nitrogens with zero attached hydrogens (tertiary/aromatic N) is 3. The first-order valence-electron chi connectivity index (χ1n) is 16.7. The van der Waals surface area contributed by atoms with E-state index in [1.807, 2.05) is 34.9 Å².